The van der Waals surface area contributed by atoms with Gasteiger partial charge in [-0.15, -0.1) is 0 Å². The van der Waals surface area contributed by atoms with E-state index in [2.05, 4.69) is 31.0 Å². The Morgan fingerprint density at radius 3 is 2.82 bits per heavy atom. The normalized spacial score (nSPS) is 17.3. The standard InChI is InChI=1S/C22H21FN8O3/c1-24-18-10-17(27-15-5-3-9-30(22(15)34)20-13(23)4-2-8-25-20)29-19-12(11-26-31(18)19)21(33)28-14-6-7-16(14)32/h2-5,8-11,14,16,24,32H,6-7H2,1H3,(H,27,29)(H,28,33)/t14?,16-/m1/s1. The fourth-order valence-corrected chi connectivity index (χ4v) is 3.71. The number of aliphatic hydroxyl groups excluding tert-OH is 1. The van der Waals surface area contributed by atoms with E-state index >= 15 is 0 Å². The first-order valence-electron chi connectivity index (χ1n) is 10.6. The lowest BCUT2D eigenvalue weighted by molar-refractivity contribution is 0.0448. The van der Waals surface area contributed by atoms with Crippen LogP contribution in [0.4, 0.5) is 21.7 Å². The highest BCUT2D eigenvalue weighted by molar-refractivity contribution is 6.00. The van der Waals surface area contributed by atoms with Crippen molar-refractivity contribution in [2.75, 3.05) is 17.7 Å². The van der Waals surface area contributed by atoms with Crippen LogP contribution >= 0.6 is 0 Å². The number of nitrogens with zero attached hydrogens (tertiary/aromatic N) is 5. The Hall–Kier alpha value is -4.32. The average molecular weight is 464 g/mol. The van der Waals surface area contributed by atoms with Gasteiger partial charge in [0.15, 0.2) is 17.3 Å². The summed E-state index contributed by atoms with van der Waals surface area (Å²) in [6.07, 6.45) is 5.00. The van der Waals surface area contributed by atoms with Gasteiger partial charge in [-0.1, -0.05) is 0 Å². The van der Waals surface area contributed by atoms with E-state index in [4.69, 9.17) is 0 Å². The zero-order chi connectivity index (χ0) is 23.8. The van der Waals surface area contributed by atoms with Crippen LogP contribution in [-0.4, -0.2) is 54.4 Å². The summed E-state index contributed by atoms with van der Waals surface area (Å²) >= 11 is 0. The summed E-state index contributed by atoms with van der Waals surface area (Å²) in [7, 11) is 1.68. The number of aromatic nitrogens is 5. The molecule has 1 aliphatic rings. The first-order valence-corrected chi connectivity index (χ1v) is 10.6. The van der Waals surface area contributed by atoms with Crippen LogP contribution in [-0.2, 0) is 0 Å². The number of anilines is 3. The molecule has 1 fully saturated rings. The maximum atomic E-state index is 14.2. The molecule has 0 saturated heterocycles. The van der Waals surface area contributed by atoms with Gasteiger partial charge in [-0.2, -0.15) is 9.61 Å². The zero-order valence-corrected chi connectivity index (χ0v) is 18.1. The highest BCUT2D eigenvalue weighted by Crippen LogP contribution is 2.23. The van der Waals surface area contributed by atoms with Gasteiger partial charge < -0.3 is 21.1 Å². The summed E-state index contributed by atoms with van der Waals surface area (Å²) in [5.41, 5.74) is 0.0840. The monoisotopic (exact) mass is 464 g/mol. The molecule has 4 heterocycles. The van der Waals surface area contributed by atoms with Crippen molar-refractivity contribution in [3.8, 4) is 5.82 Å². The van der Waals surface area contributed by atoms with Crippen LogP contribution in [0.1, 0.15) is 23.2 Å². The van der Waals surface area contributed by atoms with E-state index in [1.54, 1.807) is 19.2 Å². The van der Waals surface area contributed by atoms with Crippen LogP contribution in [0.5, 0.6) is 0 Å². The number of aliphatic hydroxyl groups is 1. The Balaban J connectivity index is 1.51. The van der Waals surface area contributed by atoms with Crippen molar-refractivity contribution in [1.82, 2.24) is 29.5 Å². The molecule has 5 rings (SSSR count). The minimum Gasteiger partial charge on any atom is -0.391 e. The van der Waals surface area contributed by atoms with Crippen molar-refractivity contribution in [3.63, 3.8) is 0 Å². The number of halogens is 1. The number of amides is 1. The highest BCUT2D eigenvalue weighted by atomic mass is 19.1. The number of pyridine rings is 2. The predicted octanol–water partition coefficient (Wildman–Crippen LogP) is 1.45. The van der Waals surface area contributed by atoms with Crippen molar-refractivity contribution in [2.24, 2.45) is 0 Å². The molecule has 0 aliphatic heterocycles. The molecule has 0 spiro atoms. The van der Waals surface area contributed by atoms with Crippen molar-refractivity contribution in [1.29, 1.82) is 0 Å². The van der Waals surface area contributed by atoms with Gasteiger partial charge >= 0.3 is 0 Å². The van der Waals surface area contributed by atoms with Crippen LogP contribution in [0.15, 0.2) is 53.7 Å². The summed E-state index contributed by atoms with van der Waals surface area (Å²) in [5, 5.41) is 22.7. The van der Waals surface area contributed by atoms with Gasteiger partial charge in [-0.25, -0.2) is 14.4 Å². The molecule has 34 heavy (non-hydrogen) atoms. The number of rotatable bonds is 6. The lowest BCUT2D eigenvalue weighted by Gasteiger charge is -2.32. The van der Waals surface area contributed by atoms with E-state index in [9.17, 15) is 19.1 Å². The molecule has 4 aromatic rings. The van der Waals surface area contributed by atoms with Crippen LogP contribution in [0.25, 0.3) is 11.5 Å². The smallest absolute Gasteiger partial charge is 0.280 e. The maximum Gasteiger partial charge on any atom is 0.280 e. The molecule has 0 aromatic carbocycles. The van der Waals surface area contributed by atoms with Crippen molar-refractivity contribution < 1.29 is 14.3 Å². The first-order chi connectivity index (χ1) is 16.5. The number of fused-ring (bicyclic) bond motifs is 1. The summed E-state index contributed by atoms with van der Waals surface area (Å²) < 4.78 is 16.7. The fourth-order valence-electron chi connectivity index (χ4n) is 3.71. The topological polar surface area (TPSA) is 138 Å². The zero-order valence-electron chi connectivity index (χ0n) is 18.1. The minimum absolute atomic E-state index is 0.122. The quantitative estimate of drug-likeness (QED) is 0.336. The van der Waals surface area contributed by atoms with E-state index < -0.39 is 23.4 Å². The van der Waals surface area contributed by atoms with Gasteiger partial charge in [0.2, 0.25) is 0 Å². The molecule has 11 nitrogen and oxygen atoms in total. The summed E-state index contributed by atoms with van der Waals surface area (Å²) in [6.45, 7) is 0. The molecule has 1 aliphatic carbocycles. The summed E-state index contributed by atoms with van der Waals surface area (Å²) in [5.74, 6) is -0.375. The van der Waals surface area contributed by atoms with Crippen LogP contribution in [0.2, 0.25) is 0 Å². The Kier molecular flexibility index (Phi) is 5.42. The molecule has 4 N–H and O–H groups in total. The van der Waals surface area contributed by atoms with Crippen molar-refractivity contribution in [2.45, 2.75) is 25.0 Å². The predicted molar refractivity (Wildman–Crippen MR) is 122 cm³/mol. The van der Waals surface area contributed by atoms with E-state index in [-0.39, 0.29) is 34.6 Å². The fraction of sp³-hybridized carbons (Fsp3) is 0.227. The van der Waals surface area contributed by atoms with Crippen LogP contribution < -0.4 is 21.5 Å². The number of nitrogens with one attached hydrogen (secondary N) is 3. The van der Waals surface area contributed by atoms with Gasteiger partial charge in [0, 0.05) is 25.5 Å². The van der Waals surface area contributed by atoms with Gasteiger partial charge in [-0.3, -0.25) is 14.2 Å². The van der Waals surface area contributed by atoms with Gasteiger partial charge in [0.25, 0.3) is 11.5 Å². The minimum atomic E-state index is -0.634. The molecule has 4 aromatic heterocycles. The molecule has 1 saturated carbocycles. The molecule has 174 valence electrons. The third kappa shape index (κ3) is 3.73. The van der Waals surface area contributed by atoms with Crippen LogP contribution in [0, 0.1) is 5.82 Å². The van der Waals surface area contributed by atoms with E-state index in [1.165, 1.54) is 41.3 Å². The van der Waals surface area contributed by atoms with Gasteiger partial charge in [-0.05, 0) is 37.1 Å². The lowest BCUT2D eigenvalue weighted by atomic mass is 9.89. The molecule has 1 unspecified atom stereocenters. The van der Waals surface area contributed by atoms with Gasteiger partial charge in [0.1, 0.15) is 22.9 Å². The molecule has 0 radical (unpaired) electrons. The number of carbonyl (C=O) groups excluding carboxylic acids is 1. The van der Waals surface area contributed by atoms with Crippen LogP contribution in [0.3, 0.4) is 0 Å². The molecular weight excluding hydrogens is 443 g/mol. The Labute approximate surface area is 192 Å². The second-order valence-electron chi connectivity index (χ2n) is 7.83. The average Bonchev–Trinajstić information content (AvgIpc) is 3.27. The van der Waals surface area contributed by atoms with E-state index in [0.29, 0.717) is 18.7 Å². The second-order valence-corrected chi connectivity index (χ2v) is 7.83. The maximum absolute atomic E-state index is 14.2. The Bertz CT molecular complexity index is 1450. The van der Waals surface area contributed by atoms with Crippen molar-refractivity contribution >= 4 is 28.9 Å². The van der Waals surface area contributed by atoms with Gasteiger partial charge in [0.05, 0.1) is 18.3 Å². The third-order valence-electron chi connectivity index (χ3n) is 5.70. The number of hydrogen-bond acceptors (Lipinski definition) is 8. The molecule has 12 heteroatoms. The Morgan fingerprint density at radius 2 is 2.12 bits per heavy atom. The molecular formula is C22H21FN8O3. The molecule has 2 atom stereocenters. The molecule has 1 amide bonds. The summed E-state index contributed by atoms with van der Waals surface area (Å²) in [4.78, 5) is 34.2. The number of carbonyl (C=O) groups is 1. The first kappa shape index (κ1) is 21.5. The number of hydrogen-bond donors (Lipinski definition) is 4. The lowest BCUT2D eigenvalue weighted by Crippen LogP contribution is -2.50. The summed E-state index contributed by atoms with van der Waals surface area (Å²) in [6, 6.07) is 7.09. The SMILES string of the molecule is CNc1cc(Nc2cccn(-c3ncccc3F)c2=O)nc2c(C(=O)NC3CC[C@H]3O)cnn12. The largest absolute Gasteiger partial charge is 0.391 e. The highest BCUT2D eigenvalue weighted by Gasteiger charge is 2.31. The second kappa shape index (κ2) is 8.56. The van der Waals surface area contributed by atoms with Crippen molar-refractivity contribution in [3.05, 3.63) is 70.7 Å². The van der Waals surface area contributed by atoms with E-state index in [0.717, 1.165) is 4.57 Å². The van der Waals surface area contributed by atoms with E-state index in [1.807, 2.05) is 0 Å². The molecule has 0 bridgehead atoms. The third-order valence-corrected chi connectivity index (χ3v) is 5.70. The Morgan fingerprint density at radius 1 is 1.26 bits per heavy atom.